The number of amides is 1. The molecule has 0 saturated heterocycles. The summed E-state index contributed by atoms with van der Waals surface area (Å²) in [5.41, 5.74) is 3.95. The fourth-order valence-electron chi connectivity index (χ4n) is 3.18. The van der Waals surface area contributed by atoms with Crippen molar-refractivity contribution >= 4 is 34.7 Å². The molecule has 0 bridgehead atoms. The third-order valence-electron chi connectivity index (χ3n) is 4.60. The van der Waals surface area contributed by atoms with Crippen molar-refractivity contribution < 1.29 is 9.18 Å². The molecule has 0 radical (unpaired) electrons. The van der Waals surface area contributed by atoms with Crippen LogP contribution >= 0.6 is 11.6 Å². The lowest BCUT2D eigenvalue weighted by Gasteiger charge is -2.28. The highest BCUT2D eigenvalue weighted by molar-refractivity contribution is 6.30. The molecule has 1 aromatic carbocycles. The second kappa shape index (κ2) is 7.67. The number of rotatable bonds is 5. The molecule has 3 aromatic rings. The Kier molecular flexibility index (Phi) is 5.06. The summed E-state index contributed by atoms with van der Waals surface area (Å²) in [5.74, 6) is 0.186. The summed E-state index contributed by atoms with van der Waals surface area (Å²) in [7, 11) is 1.87. The average Bonchev–Trinajstić information content (AvgIpc) is 3.11. The van der Waals surface area contributed by atoms with E-state index in [0.29, 0.717) is 25.5 Å². The van der Waals surface area contributed by atoms with Gasteiger partial charge in [-0.25, -0.2) is 14.1 Å². The third kappa shape index (κ3) is 4.14. The standard InChI is InChI=1S/C19H19ClFN7O/c1-11-19-16(27(2)10-18(29)24-19)6-17(23-11)22-7-13-9-28(26-25-13)8-12-3-4-15(21)14(20)5-12/h3-6,9H,7-8,10H2,1-2H3,(H,22,23)(H,24,29). The van der Waals surface area contributed by atoms with Crippen LogP contribution in [0.2, 0.25) is 5.02 Å². The van der Waals surface area contributed by atoms with Crippen LogP contribution in [0.4, 0.5) is 21.6 Å². The van der Waals surface area contributed by atoms with Crippen LogP contribution in [0.15, 0.2) is 30.5 Å². The summed E-state index contributed by atoms with van der Waals surface area (Å²) >= 11 is 5.82. The Hall–Kier alpha value is -3.20. The summed E-state index contributed by atoms with van der Waals surface area (Å²) in [6.07, 6.45) is 1.81. The van der Waals surface area contributed by atoms with Gasteiger partial charge in [0.25, 0.3) is 0 Å². The Morgan fingerprint density at radius 2 is 2.17 bits per heavy atom. The highest BCUT2D eigenvalue weighted by Crippen LogP contribution is 2.32. The maximum Gasteiger partial charge on any atom is 0.243 e. The number of carbonyl (C=O) groups excluding carboxylic acids is 1. The van der Waals surface area contributed by atoms with Crippen LogP contribution in [0, 0.1) is 12.7 Å². The number of aryl methyl sites for hydroxylation is 1. The minimum Gasteiger partial charge on any atom is -0.364 e. The molecule has 10 heteroatoms. The molecular weight excluding hydrogens is 397 g/mol. The van der Waals surface area contributed by atoms with Gasteiger partial charge in [-0.1, -0.05) is 22.9 Å². The molecule has 1 aliphatic heterocycles. The first kappa shape index (κ1) is 19.1. The number of nitrogens with zero attached hydrogens (tertiary/aromatic N) is 5. The summed E-state index contributed by atoms with van der Waals surface area (Å²) in [6.45, 7) is 3.03. The summed E-state index contributed by atoms with van der Waals surface area (Å²) in [6, 6.07) is 6.47. The van der Waals surface area contributed by atoms with E-state index in [-0.39, 0.29) is 10.9 Å². The molecule has 150 valence electrons. The fraction of sp³-hybridized carbons (Fsp3) is 0.263. The Labute approximate surface area is 171 Å². The van der Waals surface area contributed by atoms with Crippen LogP contribution < -0.4 is 15.5 Å². The van der Waals surface area contributed by atoms with E-state index >= 15 is 0 Å². The lowest BCUT2D eigenvalue weighted by Crippen LogP contribution is -2.36. The van der Waals surface area contributed by atoms with Gasteiger partial charge in [0.05, 0.1) is 47.9 Å². The van der Waals surface area contributed by atoms with Gasteiger partial charge in [0.1, 0.15) is 17.3 Å². The van der Waals surface area contributed by atoms with Crippen molar-refractivity contribution in [2.75, 3.05) is 29.1 Å². The van der Waals surface area contributed by atoms with Gasteiger partial charge in [0, 0.05) is 13.1 Å². The van der Waals surface area contributed by atoms with Crippen LogP contribution in [-0.4, -0.2) is 39.5 Å². The predicted octanol–water partition coefficient (Wildman–Crippen LogP) is 2.82. The molecule has 0 fully saturated rings. The first-order chi connectivity index (χ1) is 13.9. The van der Waals surface area contributed by atoms with Gasteiger partial charge in [0.15, 0.2) is 0 Å². The molecule has 3 heterocycles. The van der Waals surface area contributed by atoms with Crippen molar-refractivity contribution in [2.45, 2.75) is 20.0 Å². The van der Waals surface area contributed by atoms with Crippen LogP contribution in [0.1, 0.15) is 17.0 Å². The van der Waals surface area contributed by atoms with E-state index in [1.165, 1.54) is 6.07 Å². The van der Waals surface area contributed by atoms with Gasteiger partial charge >= 0.3 is 0 Å². The van der Waals surface area contributed by atoms with E-state index in [0.717, 1.165) is 28.3 Å². The van der Waals surface area contributed by atoms with Crippen molar-refractivity contribution in [1.29, 1.82) is 0 Å². The number of likely N-dealkylation sites (N-methyl/N-ethyl adjacent to an activating group) is 1. The normalized spacial score (nSPS) is 13.2. The van der Waals surface area contributed by atoms with E-state index in [1.54, 1.807) is 16.8 Å². The second-order valence-corrected chi connectivity index (χ2v) is 7.31. The number of pyridine rings is 1. The Balaban J connectivity index is 1.43. The Morgan fingerprint density at radius 3 is 2.97 bits per heavy atom. The molecule has 29 heavy (non-hydrogen) atoms. The van der Waals surface area contributed by atoms with Crippen molar-refractivity contribution in [1.82, 2.24) is 20.0 Å². The fourth-order valence-corrected chi connectivity index (χ4v) is 3.39. The van der Waals surface area contributed by atoms with Crippen LogP contribution in [0.5, 0.6) is 0 Å². The van der Waals surface area contributed by atoms with E-state index in [9.17, 15) is 9.18 Å². The number of halogens is 2. The number of aromatic nitrogens is 4. The highest BCUT2D eigenvalue weighted by atomic mass is 35.5. The first-order valence-corrected chi connectivity index (χ1v) is 9.36. The van der Waals surface area contributed by atoms with E-state index in [2.05, 4.69) is 25.9 Å². The van der Waals surface area contributed by atoms with Gasteiger partial charge in [-0.15, -0.1) is 5.10 Å². The van der Waals surface area contributed by atoms with E-state index in [1.807, 2.05) is 31.1 Å². The molecule has 0 unspecified atom stereocenters. The maximum atomic E-state index is 13.3. The zero-order valence-electron chi connectivity index (χ0n) is 15.9. The van der Waals surface area contributed by atoms with Crippen molar-refractivity contribution in [3.05, 3.63) is 58.3 Å². The topological polar surface area (TPSA) is 88.0 Å². The minimum atomic E-state index is -0.447. The third-order valence-corrected chi connectivity index (χ3v) is 4.89. The number of anilines is 3. The molecule has 1 aliphatic rings. The quantitative estimate of drug-likeness (QED) is 0.666. The SMILES string of the molecule is Cc1nc(NCc2cn(Cc3ccc(F)c(Cl)c3)nn2)cc2c1NC(=O)CN2C. The predicted molar refractivity (Wildman–Crippen MR) is 109 cm³/mol. The minimum absolute atomic E-state index is 0.0512. The highest BCUT2D eigenvalue weighted by Gasteiger charge is 2.22. The first-order valence-electron chi connectivity index (χ1n) is 8.98. The Morgan fingerprint density at radius 1 is 1.34 bits per heavy atom. The molecule has 0 saturated carbocycles. The molecule has 0 spiro atoms. The molecule has 2 aromatic heterocycles. The van der Waals surface area contributed by atoms with Crippen molar-refractivity contribution in [3.8, 4) is 0 Å². The van der Waals surface area contributed by atoms with Gasteiger partial charge in [-0.05, 0) is 24.6 Å². The van der Waals surface area contributed by atoms with Crippen molar-refractivity contribution in [2.24, 2.45) is 0 Å². The average molecular weight is 416 g/mol. The summed E-state index contributed by atoms with van der Waals surface area (Å²) in [4.78, 5) is 18.1. The number of benzene rings is 1. The van der Waals surface area contributed by atoms with Gasteiger partial charge < -0.3 is 15.5 Å². The van der Waals surface area contributed by atoms with Crippen LogP contribution in [0.25, 0.3) is 0 Å². The zero-order chi connectivity index (χ0) is 20.5. The van der Waals surface area contributed by atoms with Gasteiger partial charge in [0.2, 0.25) is 5.91 Å². The summed E-state index contributed by atoms with van der Waals surface area (Å²) in [5, 5.41) is 14.4. The van der Waals surface area contributed by atoms with Gasteiger partial charge in [-0.3, -0.25) is 4.79 Å². The van der Waals surface area contributed by atoms with Crippen molar-refractivity contribution in [3.63, 3.8) is 0 Å². The van der Waals surface area contributed by atoms with Crippen LogP contribution in [-0.2, 0) is 17.9 Å². The molecule has 4 rings (SSSR count). The smallest absolute Gasteiger partial charge is 0.243 e. The Bertz CT molecular complexity index is 1080. The number of hydrogen-bond donors (Lipinski definition) is 2. The zero-order valence-corrected chi connectivity index (χ0v) is 16.7. The van der Waals surface area contributed by atoms with Gasteiger partial charge in [-0.2, -0.15) is 0 Å². The monoisotopic (exact) mass is 415 g/mol. The molecular formula is C19H19ClFN7O. The number of fused-ring (bicyclic) bond motifs is 1. The number of nitrogens with one attached hydrogen (secondary N) is 2. The van der Waals surface area contributed by atoms with E-state index in [4.69, 9.17) is 11.6 Å². The lowest BCUT2D eigenvalue weighted by atomic mass is 10.2. The molecule has 8 nitrogen and oxygen atoms in total. The molecule has 2 N–H and O–H groups in total. The largest absolute Gasteiger partial charge is 0.364 e. The maximum absolute atomic E-state index is 13.3. The van der Waals surface area contributed by atoms with Crippen LogP contribution in [0.3, 0.4) is 0 Å². The molecule has 0 atom stereocenters. The lowest BCUT2D eigenvalue weighted by molar-refractivity contribution is -0.115. The number of hydrogen-bond acceptors (Lipinski definition) is 6. The molecule has 1 amide bonds. The summed E-state index contributed by atoms with van der Waals surface area (Å²) < 4.78 is 14.9. The second-order valence-electron chi connectivity index (χ2n) is 6.90. The van der Waals surface area contributed by atoms with E-state index < -0.39 is 5.82 Å². The number of carbonyl (C=O) groups is 1. The molecule has 0 aliphatic carbocycles.